The molecular formula is C21H24F2N6OS. The van der Waals surface area contributed by atoms with Gasteiger partial charge in [-0.15, -0.1) is 0 Å². The second kappa shape index (κ2) is 9.11. The van der Waals surface area contributed by atoms with Crippen molar-refractivity contribution in [1.29, 1.82) is 0 Å². The molecule has 164 valence electrons. The molecule has 3 aromatic rings. The van der Waals surface area contributed by atoms with Gasteiger partial charge in [-0.25, -0.2) is 13.8 Å². The first-order valence-corrected chi connectivity index (χ1v) is 11.0. The molecule has 2 aromatic heterocycles. The Kier molecular flexibility index (Phi) is 6.28. The van der Waals surface area contributed by atoms with Crippen LogP contribution in [0, 0.1) is 17.6 Å². The molecule has 0 saturated carbocycles. The van der Waals surface area contributed by atoms with Crippen molar-refractivity contribution >= 4 is 27.9 Å². The van der Waals surface area contributed by atoms with E-state index in [-0.39, 0.29) is 21.3 Å². The van der Waals surface area contributed by atoms with Crippen LogP contribution in [0.2, 0.25) is 0 Å². The lowest BCUT2D eigenvalue weighted by molar-refractivity contribution is 0.102. The Morgan fingerprint density at radius 3 is 2.87 bits per heavy atom. The summed E-state index contributed by atoms with van der Waals surface area (Å²) in [6.07, 6.45) is 5.69. The molecule has 1 saturated heterocycles. The van der Waals surface area contributed by atoms with Crippen LogP contribution in [-0.2, 0) is 13.5 Å². The van der Waals surface area contributed by atoms with Gasteiger partial charge in [0.25, 0.3) is 5.91 Å². The van der Waals surface area contributed by atoms with Gasteiger partial charge in [0.2, 0.25) is 0 Å². The predicted octanol–water partition coefficient (Wildman–Crippen LogP) is 3.59. The van der Waals surface area contributed by atoms with Gasteiger partial charge in [-0.2, -0.15) is 5.10 Å². The molecule has 1 aromatic carbocycles. The maximum atomic E-state index is 14.1. The van der Waals surface area contributed by atoms with Gasteiger partial charge in [-0.3, -0.25) is 9.48 Å². The number of hydrogen-bond acceptors (Lipinski definition) is 6. The Hall–Kier alpha value is -2.85. The first-order chi connectivity index (χ1) is 14.9. The average molecular weight is 447 g/mol. The normalized spacial score (nSPS) is 16.8. The Bertz CT molecular complexity index is 1070. The number of nitrogens with one attached hydrogen (secondary N) is 2. The zero-order chi connectivity index (χ0) is 22.0. The molecule has 3 heterocycles. The molecule has 0 radical (unpaired) electrons. The number of aryl methyl sites for hydroxylation is 1. The summed E-state index contributed by atoms with van der Waals surface area (Å²) in [5.41, 5.74) is 7.14. The number of aromatic nitrogens is 3. The summed E-state index contributed by atoms with van der Waals surface area (Å²) in [5, 5.41) is 10.6. The van der Waals surface area contributed by atoms with Gasteiger partial charge >= 0.3 is 0 Å². The lowest BCUT2D eigenvalue weighted by atomic mass is 9.95. The van der Waals surface area contributed by atoms with E-state index in [1.165, 1.54) is 6.07 Å². The van der Waals surface area contributed by atoms with E-state index >= 15 is 0 Å². The minimum atomic E-state index is -0.756. The topological polar surface area (TPSA) is 97.9 Å². The summed E-state index contributed by atoms with van der Waals surface area (Å²) in [5.74, 6) is -1.55. The van der Waals surface area contributed by atoms with E-state index in [0.717, 1.165) is 67.9 Å². The Morgan fingerprint density at radius 2 is 2.10 bits per heavy atom. The number of carbonyl (C=O) groups is 1. The molecule has 1 fully saturated rings. The van der Waals surface area contributed by atoms with Crippen LogP contribution < -0.4 is 16.4 Å². The second-order valence-electron chi connectivity index (χ2n) is 7.66. The lowest BCUT2D eigenvalue weighted by Crippen LogP contribution is -2.17. The first kappa shape index (κ1) is 21.4. The maximum absolute atomic E-state index is 14.1. The quantitative estimate of drug-likeness (QED) is 0.557. The van der Waals surface area contributed by atoms with Crippen LogP contribution in [0.25, 0.3) is 10.6 Å². The first-order valence-electron chi connectivity index (χ1n) is 10.2. The highest BCUT2D eigenvalue weighted by molar-refractivity contribution is 7.19. The molecule has 1 atom stereocenters. The molecule has 31 heavy (non-hydrogen) atoms. The zero-order valence-electron chi connectivity index (χ0n) is 17.1. The van der Waals surface area contributed by atoms with E-state index in [9.17, 15) is 13.6 Å². The summed E-state index contributed by atoms with van der Waals surface area (Å²) < 4.78 is 30.0. The molecular weight excluding hydrogens is 422 g/mol. The molecule has 0 aliphatic carbocycles. The minimum absolute atomic E-state index is 0.0237. The molecule has 0 bridgehead atoms. The number of nitrogens with two attached hydrogens (primary N) is 1. The zero-order valence-corrected chi connectivity index (χ0v) is 17.9. The van der Waals surface area contributed by atoms with Gasteiger partial charge in [-0.05, 0) is 56.8 Å². The molecule has 0 unspecified atom stereocenters. The minimum Gasteiger partial charge on any atom is -0.389 e. The third-order valence-electron chi connectivity index (χ3n) is 5.53. The number of amides is 1. The molecule has 4 N–H and O–H groups in total. The molecule has 7 nitrogen and oxygen atoms in total. The number of thiazole rings is 1. The summed E-state index contributed by atoms with van der Waals surface area (Å²) in [6, 6.07) is 3.55. The third kappa shape index (κ3) is 4.59. The summed E-state index contributed by atoms with van der Waals surface area (Å²) in [7, 11) is 1.84. The average Bonchev–Trinajstić information content (AvgIpc) is 3.15. The molecule has 10 heteroatoms. The largest absolute Gasteiger partial charge is 0.389 e. The highest BCUT2D eigenvalue weighted by Gasteiger charge is 2.23. The van der Waals surface area contributed by atoms with E-state index in [2.05, 4.69) is 20.7 Å². The van der Waals surface area contributed by atoms with Crippen molar-refractivity contribution in [3.8, 4) is 10.6 Å². The number of rotatable bonds is 5. The second-order valence-corrected chi connectivity index (χ2v) is 8.69. The number of carbonyl (C=O) groups excluding carboxylic acids is 1. The fraction of sp³-hybridized carbons (Fsp3) is 0.381. The Morgan fingerprint density at radius 1 is 1.32 bits per heavy atom. The number of hydrogen-bond donors (Lipinski definition) is 3. The van der Waals surface area contributed by atoms with Crippen LogP contribution in [-0.4, -0.2) is 33.8 Å². The van der Waals surface area contributed by atoms with Crippen LogP contribution in [0.5, 0.6) is 0 Å². The van der Waals surface area contributed by atoms with E-state index in [4.69, 9.17) is 5.73 Å². The van der Waals surface area contributed by atoms with Gasteiger partial charge in [-0.1, -0.05) is 17.4 Å². The van der Waals surface area contributed by atoms with Crippen LogP contribution in [0.15, 0.2) is 24.4 Å². The summed E-state index contributed by atoms with van der Waals surface area (Å²) in [4.78, 5) is 17.0. The Balaban J connectivity index is 1.55. The monoisotopic (exact) mass is 446 g/mol. The van der Waals surface area contributed by atoms with Crippen LogP contribution in [0.4, 0.5) is 19.5 Å². The van der Waals surface area contributed by atoms with Crippen molar-refractivity contribution in [3.05, 3.63) is 47.4 Å². The molecule has 1 amide bonds. The summed E-state index contributed by atoms with van der Waals surface area (Å²) >= 11 is 0.873. The van der Waals surface area contributed by atoms with Gasteiger partial charge in [0, 0.05) is 7.05 Å². The van der Waals surface area contributed by atoms with E-state index in [0.29, 0.717) is 11.6 Å². The SMILES string of the molecule is Cn1ncc(NC(=O)c2nc(-c3c(F)cccc3F)sc2N)c1C[C@H]1CCCNCC1. The van der Waals surface area contributed by atoms with Crippen LogP contribution >= 0.6 is 11.3 Å². The highest BCUT2D eigenvalue weighted by atomic mass is 32.1. The van der Waals surface area contributed by atoms with Gasteiger partial charge in [0.1, 0.15) is 21.6 Å². The molecule has 1 aliphatic heterocycles. The van der Waals surface area contributed by atoms with Crippen LogP contribution in [0.1, 0.15) is 35.4 Å². The smallest absolute Gasteiger partial charge is 0.277 e. The van der Waals surface area contributed by atoms with Crippen molar-refractivity contribution in [2.45, 2.75) is 25.7 Å². The maximum Gasteiger partial charge on any atom is 0.277 e. The van der Waals surface area contributed by atoms with Crippen molar-refractivity contribution < 1.29 is 13.6 Å². The van der Waals surface area contributed by atoms with Gasteiger partial charge in [0.15, 0.2) is 5.69 Å². The number of halogens is 2. The van der Waals surface area contributed by atoms with Gasteiger partial charge in [0.05, 0.1) is 23.1 Å². The number of nitrogens with zero attached hydrogens (tertiary/aromatic N) is 3. The fourth-order valence-corrected chi connectivity index (χ4v) is 4.74. The number of nitrogen functional groups attached to an aromatic ring is 1. The standard InChI is InChI=1S/C21H24F2N6OS/c1-29-16(10-12-4-3-8-25-9-7-12)15(11-26-29)27-20(30)18-19(24)31-21(28-18)17-13(22)5-2-6-14(17)23/h2,5-6,11-12,25H,3-4,7-10,24H2,1H3,(H,27,30)/t12-/m0/s1. The van der Waals surface area contributed by atoms with E-state index in [1.807, 2.05) is 7.05 Å². The lowest BCUT2D eigenvalue weighted by Gasteiger charge is -2.15. The van der Waals surface area contributed by atoms with Crippen LogP contribution in [0.3, 0.4) is 0 Å². The Labute approximate surface area is 182 Å². The predicted molar refractivity (Wildman–Crippen MR) is 117 cm³/mol. The van der Waals surface area contributed by atoms with Gasteiger partial charge < -0.3 is 16.4 Å². The van der Waals surface area contributed by atoms with E-state index < -0.39 is 17.5 Å². The van der Waals surface area contributed by atoms with Crippen molar-refractivity contribution in [2.75, 3.05) is 24.1 Å². The third-order valence-corrected chi connectivity index (χ3v) is 6.43. The molecule has 1 aliphatic rings. The molecule has 4 rings (SSSR count). The fourth-order valence-electron chi connectivity index (χ4n) is 3.86. The summed E-state index contributed by atoms with van der Waals surface area (Å²) in [6.45, 7) is 2.01. The molecule has 0 spiro atoms. The van der Waals surface area contributed by atoms with Crippen molar-refractivity contribution in [1.82, 2.24) is 20.1 Å². The highest BCUT2D eigenvalue weighted by Crippen LogP contribution is 2.34. The number of anilines is 2. The van der Waals surface area contributed by atoms with Crippen molar-refractivity contribution in [2.24, 2.45) is 13.0 Å². The van der Waals surface area contributed by atoms with Crippen molar-refractivity contribution in [3.63, 3.8) is 0 Å². The van der Waals surface area contributed by atoms with E-state index in [1.54, 1.807) is 10.9 Å². The number of benzene rings is 1.